The lowest BCUT2D eigenvalue weighted by atomic mass is 10.0. The number of aliphatic hydroxyl groups excluding tert-OH is 1. The van der Waals surface area contributed by atoms with Crippen LogP contribution in [-0.2, 0) is 19.1 Å². The third-order valence-corrected chi connectivity index (χ3v) is 16.2. The van der Waals surface area contributed by atoms with E-state index in [2.05, 4.69) is 50.3 Å². The van der Waals surface area contributed by atoms with Crippen LogP contribution in [0.15, 0.2) is 36.5 Å². The molecule has 0 aromatic carbocycles. The van der Waals surface area contributed by atoms with Crippen LogP contribution in [0, 0.1) is 0 Å². The minimum Gasteiger partial charge on any atom is -0.462 e. The van der Waals surface area contributed by atoms with Gasteiger partial charge in [-0.15, -0.1) is 0 Å². The molecule has 0 spiro atoms. The largest absolute Gasteiger partial charge is 0.462 e. The fourth-order valence-electron chi connectivity index (χ4n) is 10.9. The Kier molecular flexibility index (Phi) is 66.7. The molecule has 0 heterocycles. The first-order valence-corrected chi connectivity index (χ1v) is 35.0. The number of unbranched alkanes of at least 4 members (excludes halogenated alkanes) is 52. The number of hydrogen-bond donors (Lipinski definition) is 1. The summed E-state index contributed by atoms with van der Waals surface area (Å²) in [5.74, 6) is -0.564. The van der Waals surface area contributed by atoms with Crippen molar-refractivity contribution < 1.29 is 24.2 Å². The van der Waals surface area contributed by atoms with Gasteiger partial charge in [0, 0.05) is 12.8 Å². The average molecular weight is 1080 g/mol. The van der Waals surface area contributed by atoms with Gasteiger partial charge in [-0.3, -0.25) is 9.59 Å². The molecule has 0 saturated heterocycles. The molecule has 0 aliphatic rings. The van der Waals surface area contributed by atoms with Crippen LogP contribution in [0.4, 0.5) is 0 Å². The summed E-state index contributed by atoms with van der Waals surface area (Å²) in [4.78, 5) is 24.6. The molecular formula is C72H136O5. The lowest BCUT2D eigenvalue weighted by Gasteiger charge is -2.15. The zero-order valence-electron chi connectivity index (χ0n) is 52.3. The summed E-state index contributed by atoms with van der Waals surface area (Å²) in [7, 11) is 0. The summed E-state index contributed by atoms with van der Waals surface area (Å²) in [6.45, 7) is 4.19. The number of carbonyl (C=O) groups is 2. The number of ether oxygens (including phenoxy) is 2. The number of allylic oxidation sites excluding steroid dienone is 6. The van der Waals surface area contributed by atoms with E-state index in [0.717, 1.165) is 44.9 Å². The van der Waals surface area contributed by atoms with Crippen LogP contribution in [0.5, 0.6) is 0 Å². The lowest BCUT2D eigenvalue weighted by molar-refractivity contribution is -0.161. The van der Waals surface area contributed by atoms with Crippen LogP contribution in [-0.4, -0.2) is 36.4 Å². The molecular weight excluding hydrogens is 945 g/mol. The minimum absolute atomic E-state index is 0.0579. The number of aliphatic hydroxyl groups is 1. The minimum atomic E-state index is -0.768. The van der Waals surface area contributed by atoms with Crippen molar-refractivity contribution >= 4 is 11.9 Å². The number of esters is 2. The smallest absolute Gasteiger partial charge is 0.306 e. The molecule has 0 aromatic rings. The second kappa shape index (κ2) is 68.4. The summed E-state index contributed by atoms with van der Waals surface area (Å²) in [6.07, 6.45) is 90.5. The molecule has 0 saturated carbocycles. The summed E-state index contributed by atoms with van der Waals surface area (Å²) in [5, 5.41) is 9.70. The van der Waals surface area contributed by atoms with E-state index in [0.29, 0.717) is 12.8 Å². The maximum atomic E-state index is 12.4. The van der Waals surface area contributed by atoms with Gasteiger partial charge in [-0.25, -0.2) is 0 Å². The monoisotopic (exact) mass is 1080 g/mol. The predicted molar refractivity (Wildman–Crippen MR) is 339 cm³/mol. The molecule has 0 aliphatic heterocycles. The highest BCUT2D eigenvalue weighted by molar-refractivity contribution is 5.70. The van der Waals surface area contributed by atoms with Crippen LogP contribution >= 0.6 is 0 Å². The highest BCUT2D eigenvalue weighted by Crippen LogP contribution is 2.19. The first kappa shape index (κ1) is 75.1. The summed E-state index contributed by atoms with van der Waals surface area (Å²) in [6, 6.07) is 0. The Morgan fingerprint density at radius 3 is 0.779 bits per heavy atom. The Labute approximate surface area is 482 Å². The van der Waals surface area contributed by atoms with E-state index in [4.69, 9.17) is 9.47 Å². The van der Waals surface area contributed by atoms with Crippen LogP contribution in [0.25, 0.3) is 0 Å². The fourth-order valence-corrected chi connectivity index (χ4v) is 10.9. The van der Waals surface area contributed by atoms with Crippen LogP contribution < -0.4 is 0 Å². The molecule has 0 aliphatic carbocycles. The van der Waals surface area contributed by atoms with Gasteiger partial charge in [0.1, 0.15) is 6.61 Å². The Morgan fingerprint density at radius 1 is 0.299 bits per heavy atom. The standard InChI is InChI=1S/C72H136O5/c1-3-5-7-9-11-13-15-17-19-21-23-25-27-29-30-31-32-33-34-35-36-37-38-39-40-41-42-43-45-47-49-51-53-55-57-59-61-63-65-67-72(75)77-70(68-73)69-76-71(74)66-64-62-60-58-56-54-52-50-48-46-44-28-26-24-22-20-18-16-14-12-10-8-6-4-2/h15,17,21,23,27,29,70,73H,3-14,16,18-20,22,24-26,28,30-69H2,1-2H3/b17-15-,23-21-,29-27-. The average Bonchev–Trinajstić information content (AvgIpc) is 3.43. The highest BCUT2D eigenvalue weighted by Gasteiger charge is 2.16. The van der Waals surface area contributed by atoms with Crippen molar-refractivity contribution in [3.63, 3.8) is 0 Å². The van der Waals surface area contributed by atoms with E-state index in [1.165, 1.54) is 321 Å². The van der Waals surface area contributed by atoms with Gasteiger partial charge < -0.3 is 14.6 Å². The van der Waals surface area contributed by atoms with Crippen molar-refractivity contribution in [2.24, 2.45) is 0 Å². The van der Waals surface area contributed by atoms with E-state index in [9.17, 15) is 14.7 Å². The Bertz CT molecular complexity index is 1220. The first-order valence-electron chi connectivity index (χ1n) is 35.0. The Balaban J connectivity index is 3.37. The molecule has 1 unspecified atom stereocenters. The van der Waals surface area contributed by atoms with Gasteiger partial charge in [0.15, 0.2) is 6.10 Å². The van der Waals surface area contributed by atoms with Gasteiger partial charge >= 0.3 is 11.9 Å². The third-order valence-electron chi connectivity index (χ3n) is 16.2. The van der Waals surface area contributed by atoms with Crippen LogP contribution in [0.2, 0.25) is 0 Å². The maximum absolute atomic E-state index is 12.4. The number of rotatable bonds is 66. The van der Waals surface area contributed by atoms with Crippen molar-refractivity contribution in [1.29, 1.82) is 0 Å². The Hall–Kier alpha value is -1.88. The molecule has 77 heavy (non-hydrogen) atoms. The zero-order valence-corrected chi connectivity index (χ0v) is 52.3. The number of carbonyl (C=O) groups excluding carboxylic acids is 2. The fraction of sp³-hybridized carbons (Fsp3) is 0.889. The number of hydrogen-bond acceptors (Lipinski definition) is 5. The van der Waals surface area contributed by atoms with Gasteiger partial charge in [-0.05, 0) is 51.4 Å². The van der Waals surface area contributed by atoms with Gasteiger partial charge in [0.25, 0.3) is 0 Å². The predicted octanol–water partition coefficient (Wildman–Crippen LogP) is 24.2. The summed E-state index contributed by atoms with van der Waals surface area (Å²) < 4.78 is 10.8. The summed E-state index contributed by atoms with van der Waals surface area (Å²) in [5.41, 5.74) is 0. The Morgan fingerprint density at radius 2 is 0.519 bits per heavy atom. The van der Waals surface area contributed by atoms with Crippen molar-refractivity contribution in [2.75, 3.05) is 13.2 Å². The molecule has 0 rings (SSSR count). The lowest BCUT2D eigenvalue weighted by Crippen LogP contribution is -2.28. The van der Waals surface area contributed by atoms with E-state index in [-0.39, 0.29) is 25.2 Å². The molecule has 5 nitrogen and oxygen atoms in total. The van der Waals surface area contributed by atoms with E-state index in [1.54, 1.807) is 0 Å². The van der Waals surface area contributed by atoms with Gasteiger partial charge in [0.05, 0.1) is 6.61 Å². The van der Waals surface area contributed by atoms with Crippen molar-refractivity contribution in [3.8, 4) is 0 Å². The van der Waals surface area contributed by atoms with Crippen molar-refractivity contribution in [1.82, 2.24) is 0 Å². The zero-order chi connectivity index (χ0) is 55.5. The topological polar surface area (TPSA) is 72.8 Å². The second-order valence-corrected chi connectivity index (χ2v) is 24.0. The van der Waals surface area contributed by atoms with Gasteiger partial charge in [-0.1, -0.05) is 365 Å². The first-order chi connectivity index (χ1) is 38.1. The van der Waals surface area contributed by atoms with Gasteiger partial charge in [-0.2, -0.15) is 0 Å². The molecule has 0 fully saturated rings. The normalized spacial score (nSPS) is 12.3. The maximum Gasteiger partial charge on any atom is 0.306 e. The molecule has 0 aromatic heterocycles. The van der Waals surface area contributed by atoms with E-state index < -0.39 is 6.10 Å². The van der Waals surface area contributed by atoms with Gasteiger partial charge in [0.2, 0.25) is 0 Å². The second-order valence-electron chi connectivity index (χ2n) is 24.0. The molecule has 454 valence electrons. The molecule has 5 heteroatoms. The third kappa shape index (κ3) is 66.5. The van der Waals surface area contributed by atoms with E-state index >= 15 is 0 Å². The molecule has 0 bridgehead atoms. The van der Waals surface area contributed by atoms with Crippen LogP contribution in [0.1, 0.15) is 393 Å². The van der Waals surface area contributed by atoms with Crippen molar-refractivity contribution in [2.45, 2.75) is 399 Å². The molecule has 1 N–H and O–H groups in total. The SMILES string of the molecule is CCCCCCC/C=C\C/C=C\C/C=C\CCCCCCCCCCCCCCCCCCCCCCCCCCC(=O)OC(CO)COC(=O)CCCCCCCCCCCCCCCCCCCCCCCCCC. The summed E-state index contributed by atoms with van der Waals surface area (Å²) >= 11 is 0. The molecule has 1 atom stereocenters. The van der Waals surface area contributed by atoms with E-state index in [1.807, 2.05) is 0 Å². The quantitative estimate of drug-likeness (QED) is 0.0373. The van der Waals surface area contributed by atoms with Crippen LogP contribution in [0.3, 0.4) is 0 Å². The molecule has 0 radical (unpaired) electrons. The van der Waals surface area contributed by atoms with Crippen molar-refractivity contribution in [3.05, 3.63) is 36.5 Å². The molecule has 0 amide bonds. The highest BCUT2D eigenvalue weighted by atomic mass is 16.6.